The summed E-state index contributed by atoms with van der Waals surface area (Å²) in [6.07, 6.45) is 7.49. The second-order valence-corrected chi connectivity index (χ2v) is 8.00. The molecule has 0 radical (unpaired) electrons. The number of imidazole rings is 1. The molecule has 1 N–H and O–H groups in total. The molecule has 154 valence electrons. The van der Waals surface area contributed by atoms with Crippen LogP contribution in [0.4, 0.5) is 0 Å². The van der Waals surface area contributed by atoms with E-state index in [9.17, 15) is 4.79 Å². The van der Waals surface area contributed by atoms with E-state index in [0.29, 0.717) is 28.4 Å². The number of nitrogens with zero attached hydrogens (tertiary/aromatic N) is 4. The molecule has 30 heavy (non-hydrogen) atoms. The lowest BCUT2D eigenvalue weighted by atomic mass is 9.89. The molecule has 0 atom stereocenters. The van der Waals surface area contributed by atoms with Crippen molar-refractivity contribution < 1.29 is 9.52 Å². The van der Waals surface area contributed by atoms with Gasteiger partial charge in [-0.05, 0) is 56.5 Å². The summed E-state index contributed by atoms with van der Waals surface area (Å²) in [4.78, 5) is 23.8. The molecular formula is C23H24N4O3. The van der Waals surface area contributed by atoms with E-state index in [4.69, 9.17) is 9.52 Å². The summed E-state index contributed by atoms with van der Waals surface area (Å²) in [5.74, 6) is 0.448. The van der Waals surface area contributed by atoms with Crippen LogP contribution in [0, 0.1) is 6.92 Å². The van der Waals surface area contributed by atoms with Crippen molar-refractivity contribution in [1.29, 1.82) is 0 Å². The minimum absolute atomic E-state index is 0.205. The highest BCUT2D eigenvalue weighted by molar-refractivity contribution is 5.82. The molecule has 0 saturated carbocycles. The summed E-state index contributed by atoms with van der Waals surface area (Å²) in [7, 11) is 0. The number of hydrogen-bond acceptors (Lipinski definition) is 6. The lowest BCUT2D eigenvalue weighted by Gasteiger charge is -2.31. The fourth-order valence-electron chi connectivity index (χ4n) is 4.32. The fraction of sp³-hybridized carbons (Fsp3) is 0.348. The first-order chi connectivity index (χ1) is 14.6. The molecule has 0 unspecified atom stereocenters. The van der Waals surface area contributed by atoms with Crippen LogP contribution in [0.2, 0.25) is 0 Å². The summed E-state index contributed by atoms with van der Waals surface area (Å²) in [6.45, 7) is 4.82. The molecule has 5 rings (SSSR count). The molecule has 0 amide bonds. The fourth-order valence-corrected chi connectivity index (χ4v) is 4.32. The summed E-state index contributed by atoms with van der Waals surface area (Å²) in [5, 5.41) is 10.00. The highest BCUT2D eigenvalue weighted by Crippen LogP contribution is 2.30. The van der Waals surface area contributed by atoms with Crippen molar-refractivity contribution in [3.63, 3.8) is 0 Å². The van der Waals surface area contributed by atoms with Crippen molar-refractivity contribution in [2.75, 3.05) is 26.2 Å². The van der Waals surface area contributed by atoms with E-state index in [2.05, 4.69) is 20.9 Å². The van der Waals surface area contributed by atoms with Crippen LogP contribution in [0.3, 0.4) is 0 Å². The van der Waals surface area contributed by atoms with Crippen LogP contribution in [0.15, 0.2) is 52.1 Å². The van der Waals surface area contributed by atoms with Crippen molar-refractivity contribution in [2.45, 2.75) is 25.7 Å². The molecule has 7 nitrogen and oxygen atoms in total. The number of likely N-dealkylation sites (tertiary alicyclic amines) is 1. The third-order valence-electron chi connectivity index (χ3n) is 5.98. The predicted molar refractivity (Wildman–Crippen MR) is 115 cm³/mol. The molecule has 1 saturated heterocycles. The number of fused-ring (bicyclic) bond motifs is 2. The number of β-amino-alcohol motifs (C(OH)–C–C–N with tert-alkyl or cyclic N) is 1. The van der Waals surface area contributed by atoms with Gasteiger partial charge in [0, 0.05) is 24.3 Å². The predicted octanol–water partition coefficient (Wildman–Crippen LogP) is 2.98. The minimum atomic E-state index is -0.384. The van der Waals surface area contributed by atoms with Gasteiger partial charge in [0.05, 0.1) is 29.8 Å². The number of piperidine rings is 1. The quantitative estimate of drug-likeness (QED) is 0.527. The van der Waals surface area contributed by atoms with Gasteiger partial charge >= 0.3 is 5.63 Å². The molecule has 0 bridgehead atoms. The van der Waals surface area contributed by atoms with Gasteiger partial charge in [-0.15, -0.1) is 0 Å². The number of benzene rings is 1. The maximum Gasteiger partial charge on any atom is 0.345 e. The van der Waals surface area contributed by atoms with Gasteiger partial charge < -0.3 is 18.8 Å². The molecule has 0 spiro atoms. The summed E-state index contributed by atoms with van der Waals surface area (Å²) < 4.78 is 7.56. The molecular weight excluding hydrogens is 380 g/mol. The van der Waals surface area contributed by atoms with Crippen LogP contribution in [-0.2, 0) is 0 Å². The monoisotopic (exact) mass is 404 g/mol. The highest BCUT2D eigenvalue weighted by Gasteiger charge is 2.21. The molecule has 1 aromatic carbocycles. The summed E-state index contributed by atoms with van der Waals surface area (Å²) >= 11 is 0. The van der Waals surface area contributed by atoms with Gasteiger partial charge in [-0.2, -0.15) is 0 Å². The van der Waals surface area contributed by atoms with E-state index in [1.807, 2.05) is 41.9 Å². The lowest BCUT2D eigenvalue weighted by Crippen LogP contribution is -2.34. The molecule has 1 aliphatic heterocycles. The van der Waals surface area contributed by atoms with Crippen LogP contribution < -0.4 is 5.63 Å². The number of aliphatic hydroxyl groups excluding tert-OH is 1. The van der Waals surface area contributed by atoms with Gasteiger partial charge in [-0.3, -0.25) is 4.98 Å². The average molecular weight is 404 g/mol. The first-order valence-electron chi connectivity index (χ1n) is 10.3. The Hall–Kier alpha value is -3.03. The van der Waals surface area contributed by atoms with Crippen molar-refractivity contribution in [1.82, 2.24) is 19.3 Å². The van der Waals surface area contributed by atoms with Crippen LogP contribution in [0.25, 0.3) is 27.9 Å². The Balaban J connectivity index is 1.46. The third kappa shape index (κ3) is 3.51. The van der Waals surface area contributed by atoms with Crippen LogP contribution in [-0.4, -0.2) is 50.6 Å². The van der Waals surface area contributed by atoms with Crippen molar-refractivity contribution >= 4 is 16.6 Å². The average Bonchev–Trinajstić information content (AvgIpc) is 3.16. The van der Waals surface area contributed by atoms with E-state index in [1.165, 1.54) is 5.56 Å². The van der Waals surface area contributed by atoms with Crippen molar-refractivity contribution in [3.8, 4) is 11.3 Å². The van der Waals surface area contributed by atoms with Crippen LogP contribution >= 0.6 is 0 Å². The Morgan fingerprint density at radius 3 is 2.83 bits per heavy atom. The van der Waals surface area contributed by atoms with Gasteiger partial charge in [-0.25, -0.2) is 9.78 Å². The zero-order valence-electron chi connectivity index (χ0n) is 16.9. The van der Waals surface area contributed by atoms with Gasteiger partial charge in [0.1, 0.15) is 5.58 Å². The minimum Gasteiger partial charge on any atom is -0.422 e. The molecule has 1 fully saturated rings. The van der Waals surface area contributed by atoms with Crippen LogP contribution in [0.5, 0.6) is 0 Å². The standard InChI is InChI=1S/C23H24N4O3/c1-15-13-27-14-20(25-22(27)12-24-15)19-10-18-3-2-17(11-21(18)30-23(19)29)16-4-6-26(7-5-16)8-9-28/h2-3,10-14,16,28H,4-9H2,1H3. The maximum atomic E-state index is 12.7. The Kier molecular flexibility index (Phi) is 4.84. The smallest absolute Gasteiger partial charge is 0.345 e. The normalized spacial score (nSPS) is 15.9. The first-order valence-corrected chi connectivity index (χ1v) is 10.3. The maximum absolute atomic E-state index is 12.7. The Bertz CT molecular complexity index is 1270. The number of hydrogen-bond donors (Lipinski definition) is 1. The van der Waals surface area contributed by atoms with E-state index in [1.54, 1.807) is 6.20 Å². The van der Waals surface area contributed by atoms with E-state index in [0.717, 1.165) is 43.6 Å². The van der Waals surface area contributed by atoms with Gasteiger partial charge in [0.2, 0.25) is 0 Å². The molecule has 4 aromatic rings. The highest BCUT2D eigenvalue weighted by atomic mass is 16.4. The van der Waals surface area contributed by atoms with E-state index < -0.39 is 0 Å². The summed E-state index contributed by atoms with van der Waals surface area (Å²) in [5.41, 5.74) is 4.04. The van der Waals surface area contributed by atoms with Gasteiger partial charge in [-0.1, -0.05) is 12.1 Å². The Morgan fingerprint density at radius 1 is 1.20 bits per heavy atom. The second-order valence-electron chi connectivity index (χ2n) is 8.00. The largest absolute Gasteiger partial charge is 0.422 e. The summed E-state index contributed by atoms with van der Waals surface area (Å²) in [6, 6.07) is 8.02. The molecule has 3 aromatic heterocycles. The molecule has 1 aliphatic rings. The van der Waals surface area contributed by atoms with Crippen molar-refractivity contribution in [3.05, 3.63) is 64.5 Å². The Morgan fingerprint density at radius 2 is 2.03 bits per heavy atom. The SMILES string of the molecule is Cc1cn2cc(-c3cc4ccc(C5CCN(CCO)CC5)cc4oc3=O)nc2cn1. The topological polar surface area (TPSA) is 83.9 Å². The number of aliphatic hydroxyl groups is 1. The van der Waals surface area contributed by atoms with Crippen LogP contribution in [0.1, 0.15) is 30.0 Å². The first kappa shape index (κ1) is 19.0. The van der Waals surface area contributed by atoms with E-state index in [-0.39, 0.29) is 12.2 Å². The number of aromatic nitrogens is 3. The van der Waals surface area contributed by atoms with Gasteiger partial charge in [0.25, 0.3) is 0 Å². The van der Waals surface area contributed by atoms with Gasteiger partial charge in [0.15, 0.2) is 5.65 Å². The number of rotatable bonds is 4. The second kappa shape index (κ2) is 7.66. The molecule has 4 heterocycles. The molecule has 0 aliphatic carbocycles. The third-order valence-corrected chi connectivity index (χ3v) is 5.98. The zero-order chi connectivity index (χ0) is 20.7. The zero-order valence-corrected chi connectivity index (χ0v) is 16.9. The molecule has 7 heteroatoms. The number of aryl methyl sites for hydroxylation is 1. The van der Waals surface area contributed by atoms with Crippen molar-refractivity contribution in [2.24, 2.45) is 0 Å². The lowest BCUT2D eigenvalue weighted by molar-refractivity contribution is 0.164. The van der Waals surface area contributed by atoms with E-state index >= 15 is 0 Å². The Labute approximate surface area is 173 Å².